The van der Waals surface area contributed by atoms with Gasteiger partial charge in [0.1, 0.15) is 18.4 Å². The molecular formula is C24H25ClN2O5S. The predicted octanol–water partition coefficient (Wildman–Crippen LogP) is 3.70. The lowest BCUT2D eigenvalue weighted by atomic mass is 10.1. The maximum atomic E-state index is 13.0. The topological polar surface area (TPSA) is 93.7 Å². The van der Waals surface area contributed by atoms with E-state index in [0.717, 1.165) is 5.56 Å². The lowest BCUT2D eigenvalue weighted by Crippen LogP contribution is -2.40. The molecule has 33 heavy (non-hydrogen) atoms. The first-order valence-electron chi connectivity index (χ1n) is 10.2. The molecule has 0 heterocycles. The quantitative estimate of drug-likeness (QED) is 0.401. The number of amides is 1. The van der Waals surface area contributed by atoms with Gasteiger partial charge in [-0.3, -0.25) is 4.79 Å². The molecule has 1 amide bonds. The van der Waals surface area contributed by atoms with Crippen molar-refractivity contribution in [2.75, 3.05) is 20.3 Å². The summed E-state index contributed by atoms with van der Waals surface area (Å²) in [6, 6.07) is 20.6. The molecule has 0 aliphatic carbocycles. The van der Waals surface area contributed by atoms with Crippen LogP contribution < -0.4 is 14.8 Å². The smallest absolute Gasteiger partial charge is 0.243 e. The third-order valence-electron chi connectivity index (χ3n) is 4.74. The molecule has 0 aromatic heterocycles. The fraction of sp³-hybridized carbons (Fsp3) is 0.208. The van der Waals surface area contributed by atoms with Gasteiger partial charge in [0.05, 0.1) is 11.5 Å². The van der Waals surface area contributed by atoms with Crippen molar-refractivity contribution in [3.63, 3.8) is 0 Å². The SMILES string of the molecule is COCCOc1ccc(S(=O)(=O)NC(C(=O)NCc2ccc(Cl)cc2)c2ccccc2)cc1. The standard InChI is InChI=1S/C24H25ClN2O5S/c1-31-15-16-32-21-11-13-22(14-12-21)33(29,30)27-23(19-5-3-2-4-6-19)24(28)26-17-18-7-9-20(25)10-8-18/h2-14,23,27H,15-17H2,1H3,(H,26,28). The third-order valence-corrected chi connectivity index (χ3v) is 6.43. The van der Waals surface area contributed by atoms with Gasteiger partial charge in [-0.25, -0.2) is 8.42 Å². The zero-order valence-electron chi connectivity index (χ0n) is 18.0. The highest BCUT2D eigenvalue weighted by Gasteiger charge is 2.27. The molecule has 9 heteroatoms. The van der Waals surface area contributed by atoms with E-state index >= 15 is 0 Å². The monoisotopic (exact) mass is 488 g/mol. The van der Waals surface area contributed by atoms with Crippen LogP contribution in [0.4, 0.5) is 0 Å². The van der Waals surface area contributed by atoms with E-state index in [-0.39, 0.29) is 11.4 Å². The van der Waals surface area contributed by atoms with Crippen LogP contribution in [0.5, 0.6) is 5.75 Å². The van der Waals surface area contributed by atoms with Gasteiger partial charge in [0.15, 0.2) is 0 Å². The van der Waals surface area contributed by atoms with Crippen LogP contribution in [0.2, 0.25) is 5.02 Å². The summed E-state index contributed by atoms with van der Waals surface area (Å²) in [6.07, 6.45) is 0. The molecule has 3 rings (SSSR count). The Labute approximate surface area is 198 Å². The minimum absolute atomic E-state index is 0.0213. The molecule has 7 nitrogen and oxygen atoms in total. The van der Waals surface area contributed by atoms with Crippen molar-refractivity contribution in [3.05, 3.63) is 95.0 Å². The molecule has 0 saturated heterocycles. The first kappa shape index (κ1) is 24.7. The van der Waals surface area contributed by atoms with Crippen LogP contribution in [0.1, 0.15) is 17.2 Å². The van der Waals surface area contributed by atoms with E-state index in [2.05, 4.69) is 10.0 Å². The van der Waals surface area contributed by atoms with Crippen molar-refractivity contribution in [2.24, 2.45) is 0 Å². The van der Waals surface area contributed by atoms with Gasteiger partial charge in [0, 0.05) is 18.7 Å². The highest BCUT2D eigenvalue weighted by Crippen LogP contribution is 2.20. The number of benzene rings is 3. The first-order valence-corrected chi connectivity index (χ1v) is 12.1. The molecule has 0 bridgehead atoms. The molecule has 0 fully saturated rings. The normalized spacial score (nSPS) is 12.2. The Hall–Kier alpha value is -2.91. The lowest BCUT2D eigenvalue weighted by Gasteiger charge is -2.19. The number of halogens is 1. The van der Waals surface area contributed by atoms with Crippen molar-refractivity contribution in [1.82, 2.24) is 10.0 Å². The number of ether oxygens (including phenoxy) is 2. The van der Waals surface area contributed by atoms with E-state index in [1.807, 2.05) is 0 Å². The number of nitrogens with one attached hydrogen (secondary N) is 2. The number of hydrogen-bond acceptors (Lipinski definition) is 5. The first-order chi connectivity index (χ1) is 15.9. The Bertz CT molecular complexity index is 1140. The van der Waals surface area contributed by atoms with Crippen LogP contribution in [-0.2, 0) is 26.1 Å². The largest absolute Gasteiger partial charge is 0.491 e. The Morgan fingerprint density at radius 3 is 2.24 bits per heavy atom. The van der Waals surface area contributed by atoms with E-state index in [1.54, 1.807) is 73.8 Å². The molecule has 0 aliphatic heterocycles. The Morgan fingerprint density at radius 2 is 1.61 bits per heavy atom. The van der Waals surface area contributed by atoms with Crippen LogP contribution in [0.3, 0.4) is 0 Å². The second kappa shape index (κ2) is 11.8. The van der Waals surface area contributed by atoms with Gasteiger partial charge in [0.2, 0.25) is 15.9 Å². The van der Waals surface area contributed by atoms with E-state index < -0.39 is 22.0 Å². The summed E-state index contributed by atoms with van der Waals surface area (Å²) >= 11 is 5.90. The molecule has 0 spiro atoms. The average molecular weight is 489 g/mol. The minimum atomic E-state index is -3.99. The number of sulfonamides is 1. The maximum Gasteiger partial charge on any atom is 0.243 e. The third kappa shape index (κ3) is 7.30. The van der Waals surface area contributed by atoms with Gasteiger partial charge in [-0.1, -0.05) is 54.1 Å². The average Bonchev–Trinajstić information content (AvgIpc) is 2.83. The Balaban J connectivity index is 1.75. The van der Waals surface area contributed by atoms with Gasteiger partial charge in [-0.15, -0.1) is 0 Å². The molecule has 0 radical (unpaired) electrons. The summed E-state index contributed by atoms with van der Waals surface area (Å²) in [7, 11) is -2.42. The van der Waals surface area contributed by atoms with Gasteiger partial charge < -0.3 is 14.8 Å². The predicted molar refractivity (Wildman–Crippen MR) is 127 cm³/mol. The van der Waals surface area contributed by atoms with Gasteiger partial charge in [0.25, 0.3) is 0 Å². The maximum absolute atomic E-state index is 13.0. The molecule has 3 aromatic carbocycles. The number of carbonyl (C=O) groups is 1. The fourth-order valence-electron chi connectivity index (χ4n) is 2.99. The minimum Gasteiger partial charge on any atom is -0.491 e. The van der Waals surface area contributed by atoms with Crippen molar-refractivity contribution in [1.29, 1.82) is 0 Å². The molecular weight excluding hydrogens is 464 g/mol. The lowest BCUT2D eigenvalue weighted by molar-refractivity contribution is -0.123. The summed E-state index contributed by atoms with van der Waals surface area (Å²) in [5.41, 5.74) is 1.36. The summed E-state index contributed by atoms with van der Waals surface area (Å²) in [5.74, 6) is 0.0468. The Morgan fingerprint density at radius 1 is 0.939 bits per heavy atom. The van der Waals surface area contributed by atoms with E-state index in [1.165, 1.54) is 12.1 Å². The van der Waals surface area contributed by atoms with E-state index in [9.17, 15) is 13.2 Å². The molecule has 3 aromatic rings. The van der Waals surface area contributed by atoms with Crippen molar-refractivity contribution in [3.8, 4) is 5.75 Å². The zero-order valence-corrected chi connectivity index (χ0v) is 19.6. The van der Waals surface area contributed by atoms with Gasteiger partial charge >= 0.3 is 0 Å². The number of methoxy groups -OCH3 is 1. The summed E-state index contributed by atoms with van der Waals surface area (Å²) in [5, 5.41) is 3.38. The van der Waals surface area contributed by atoms with Crippen LogP contribution >= 0.6 is 11.6 Å². The van der Waals surface area contributed by atoms with Crippen LogP contribution in [-0.4, -0.2) is 34.6 Å². The van der Waals surface area contributed by atoms with Gasteiger partial charge in [-0.05, 0) is 47.5 Å². The van der Waals surface area contributed by atoms with Crippen molar-refractivity contribution < 1.29 is 22.7 Å². The van der Waals surface area contributed by atoms with E-state index in [0.29, 0.717) is 29.5 Å². The number of carbonyl (C=O) groups excluding carboxylic acids is 1. The zero-order chi connectivity index (χ0) is 23.7. The number of rotatable bonds is 11. The molecule has 174 valence electrons. The van der Waals surface area contributed by atoms with E-state index in [4.69, 9.17) is 21.1 Å². The van der Waals surface area contributed by atoms with Crippen LogP contribution in [0.15, 0.2) is 83.8 Å². The molecule has 0 aliphatic rings. The molecule has 0 saturated carbocycles. The molecule has 1 atom stereocenters. The Kier molecular flexibility index (Phi) is 8.85. The molecule has 2 N–H and O–H groups in total. The van der Waals surface area contributed by atoms with Crippen LogP contribution in [0.25, 0.3) is 0 Å². The van der Waals surface area contributed by atoms with Crippen molar-refractivity contribution >= 4 is 27.5 Å². The number of hydrogen-bond donors (Lipinski definition) is 2. The fourth-order valence-corrected chi connectivity index (χ4v) is 4.30. The van der Waals surface area contributed by atoms with Crippen molar-refractivity contribution in [2.45, 2.75) is 17.5 Å². The summed E-state index contributed by atoms with van der Waals surface area (Å²) in [4.78, 5) is 13.0. The second-order valence-electron chi connectivity index (χ2n) is 7.12. The second-order valence-corrected chi connectivity index (χ2v) is 9.27. The highest BCUT2D eigenvalue weighted by molar-refractivity contribution is 7.89. The molecule has 1 unspecified atom stereocenters. The summed E-state index contributed by atoms with van der Waals surface area (Å²) in [6.45, 7) is 1.00. The summed E-state index contributed by atoms with van der Waals surface area (Å²) < 4.78 is 39.0. The highest BCUT2D eigenvalue weighted by atomic mass is 35.5. The van der Waals surface area contributed by atoms with Gasteiger partial charge in [-0.2, -0.15) is 4.72 Å². The van der Waals surface area contributed by atoms with Crippen LogP contribution in [0, 0.1) is 0 Å².